The number of nitrogens with zero attached hydrogens (tertiary/aromatic N) is 3. The van der Waals surface area contributed by atoms with Crippen LogP contribution in [0.15, 0.2) is 55.0 Å². The molecule has 0 unspecified atom stereocenters. The van der Waals surface area contributed by atoms with Gasteiger partial charge in [-0.1, -0.05) is 18.2 Å². The van der Waals surface area contributed by atoms with Crippen LogP contribution in [0.2, 0.25) is 0 Å². The Morgan fingerprint density at radius 1 is 1.05 bits per heavy atom. The standard InChI is InChI=1S/C16H16N4/c1-12(13-5-4-8-17-9-13)18-10-14-11-19-15-6-2-3-7-16(15)20-14/h2-9,11-12,18H,10H2,1H3/t12-/m0/s1. The highest BCUT2D eigenvalue weighted by molar-refractivity contribution is 5.73. The van der Waals surface area contributed by atoms with Gasteiger partial charge in [-0.15, -0.1) is 0 Å². The molecule has 0 saturated carbocycles. The van der Waals surface area contributed by atoms with Crippen LogP contribution >= 0.6 is 0 Å². The molecule has 3 rings (SSSR count). The summed E-state index contributed by atoms with van der Waals surface area (Å²) in [6, 6.07) is 12.2. The van der Waals surface area contributed by atoms with Crippen molar-refractivity contribution >= 4 is 11.0 Å². The summed E-state index contributed by atoms with van der Waals surface area (Å²) in [7, 11) is 0. The van der Waals surface area contributed by atoms with Gasteiger partial charge in [0.1, 0.15) is 0 Å². The van der Waals surface area contributed by atoms with Crippen molar-refractivity contribution in [2.24, 2.45) is 0 Å². The minimum absolute atomic E-state index is 0.233. The zero-order valence-corrected chi connectivity index (χ0v) is 11.3. The number of hydrogen-bond acceptors (Lipinski definition) is 4. The van der Waals surface area contributed by atoms with E-state index < -0.39 is 0 Å². The van der Waals surface area contributed by atoms with E-state index in [0.29, 0.717) is 6.54 Å². The number of rotatable bonds is 4. The van der Waals surface area contributed by atoms with Gasteiger partial charge >= 0.3 is 0 Å². The van der Waals surface area contributed by atoms with E-state index in [2.05, 4.69) is 33.3 Å². The lowest BCUT2D eigenvalue weighted by atomic mass is 10.1. The minimum Gasteiger partial charge on any atom is -0.304 e. The highest BCUT2D eigenvalue weighted by atomic mass is 14.9. The number of hydrogen-bond donors (Lipinski definition) is 1. The van der Waals surface area contributed by atoms with Gasteiger partial charge in [-0.2, -0.15) is 0 Å². The summed E-state index contributed by atoms with van der Waals surface area (Å²) in [6.45, 7) is 2.80. The molecule has 1 aromatic carbocycles. The maximum Gasteiger partial charge on any atom is 0.0890 e. The quantitative estimate of drug-likeness (QED) is 0.787. The fourth-order valence-electron chi connectivity index (χ4n) is 2.09. The molecule has 2 aromatic heterocycles. The molecular weight excluding hydrogens is 248 g/mol. The molecule has 0 aliphatic heterocycles. The summed E-state index contributed by atoms with van der Waals surface area (Å²) in [5.41, 5.74) is 3.97. The Kier molecular flexibility index (Phi) is 3.65. The summed E-state index contributed by atoms with van der Waals surface area (Å²) in [5.74, 6) is 0. The fourth-order valence-corrected chi connectivity index (χ4v) is 2.09. The van der Waals surface area contributed by atoms with Crippen molar-refractivity contribution in [1.29, 1.82) is 0 Å². The van der Waals surface area contributed by atoms with Gasteiger partial charge in [0.25, 0.3) is 0 Å². The topological polar surface area (TPSA) is 50.7 Å². The molecule has 0 aliphatic carbocycles. The van der Waals surface area contributed by atoms with E-state index in [1.165, 1.54) is 5.56 Å². The van der Waals surface area contributed by atoms with Gasteiger partial charge in [-0.25, -0.2) is 4.98 Å². The number of para-hydroxylation sites is 2. The molecule has 2 heterocycles. The van der Waals surface area contributed by atoms with Crippen molar-refractivity contribution < 1.29 is 0 Å². The van der Waals surface area contributed by atoms with Crippen LogP contribution < -0.4 is 5.32 Å². The van der Waals surface area contributed by atoms with Crippen LogP contribution in [0.5, 0.6) is 0 Å². The first-order valence-corrected chi connectivity index (χ1v) is 6.67. The second-order valence-corrected chi connectivity index (χ2v) is 4.74. The third kappa shape index (κ3) is 2.81. The van der Waals surface area contributed by atoms with E-state index in [9.17, 15) is 0 Å². The molecule has 3 aromatic rings. The first-order valence-electron chi connectivity index (χ1n) is 6.67. The zero-order chi connectivity index (χ0) is 13.8. The third-order valence-corrected chi connectivity index (χ3v) is 3.27. The minimum atomic E-state index is 0.233. The lowest BCUT2D eigenvalue weighted by Gasteiger charge is -2.13. The third-order valence-electron chi connectivity index (χ3n) is 3.27. The number of nitrogens with one attached hydrogen (secondary N) is 1. The lowest BCUT2D eigenvalue weighted by molar-refractivity contribution is 0.566. The van der Waals surface area contributed by atoms with Gasteiger partial charge in [0.05, 0.1) is 22.9 Å². The summed E-state index contributed by atoms with van der Waals surface area (Å²) < 4.78 is 0. The molecule has 4 heteroatoms. The molecule has 0 amide bonds. The zero-order valence-electron chi connectivity index (χ0n) is 11.3. The Morgan fingerprint density at radius 2 is 1.90 bits per heavy atom. The molecule has 0 bridgehead atoms. The van der Waals surface area contributed by atoms with E-state index in [1.807, 2.05) is 42.7 Å². The monoisotopic (exact) mass is 264 g/mol. The number of aromatic nitrogens is 3. The van der Waals surface area contributed by atoms with E-state index in [4.69, 9.17) is 0 Å². The van der Waals surface area contributed by atoms with Crippen LogP contribution in [0.1, 0.15) is 24.2 Å². The molecule has 20 heavy (non-hydrogen) atoms. The van der Waals surface area contributed by atoms with Crippen molar-refractivity contribution in [3.05, 3.63) is 66.2 Å². The first-order chi connectivity index (χ1) is 9.83. The SMILES string of the molecule is C[C@H](NCc1cnc2ccccc2n1)c1cccnc1. The molecule has 0 aliphatic rings. The maximum atomic E-state index is 4.60. The number of fused-ring (bicyclic) bond motifs is 1. The molecule has 100 valence electrons. The Morgan fingerprint density at radius 3 is 2.70 bits per heavy atom. The van der Waals surface area contributed by atoms with Gasteiger partial charge in [0, 0.05) is 25.0 Å². The van der Waals surface area contributed by atoms with Gasteiger partial charge in [-0.05, 0) is 30.7 Å². The van der Waals surface area contributed by atoms with Gasteiger partial charge < -0.3 is 5.32 Å². The molecule has 0 radical (unpaired) electrons. The fraction of sp³-hybridized carbons (Fsp3) is 0.188. The average Bonchev–Trinajstić information content (AvgIpc) is 2.53. The van der Waals surface area contributed by atoms with Crippen LogP contribution in [0.25, 0.3) is 11.0 Å². The van der Waals surface area contributed by atoms with Crippen LogP contribution in [0, 0.1) is 0 Å². The maximum absolute atomic E-state index is 4.60. The summed E-state index contributed by atoms with van der Waals surface area (Å²) in [6.07, 6.45) is 5.49. The van der Waals surface area contributed by atoms with E-state index >= 15 is 0 Å². The second kappa shape index (κ2) is 5.75. The first kappa shape index (κ1) is 12.7. The Bertz CT molecular complexity index is 697. The molecule has 0 spiro atoms. The Hall–Kier alpha value is -2.33. The molecule has 1 N–H and O–H groups in total. The highest BCUT2D eigenvalue weighted by Crippen LogP contribution is 2.12. The van der Waals surface area contributed by atoms with Gasteiger partial charge in [0.2, 0.25) is 0 Å². The van der Waals surface area contributed by atoms with Crippen molar-refractivity contribution in [1.82, 2.24) is 20.3 Å². The summed E-state index contributed by atoms with van der Waals surface area (Å²) in [4.78, 5) is 13.2. The van der Waals surface area contributed by atoms with Crippen molar-refractivity contribution in [2.75, 3.05) is 0 Å². The molecule has 0 fully saturated rings. The lowest BCUT2D eigenvalue weighted by Crippen LogP contribution is -2.19. The van der Waals surface area contributed by atoms with Gasteiger partial charge in [-0.3, -0.25) is 9.97 Å². The predicted octanol–water partition coefficient (Wildman–Crippen LogP) is 2.88. The average molecular weight is 264 g/mol. The van der Waals surface area contributed by atoms with E-state index in [1.54, 1.807) is 6.20 Å². The molecule has 0 saturated heterocycles. The number of benzene rings is 1. The van der Waals surface area contributed by atoms with E-state index in [-0.39, 0.29) is 6.04 Å². The normalized spacial score (nSPS) is 12.4. The number of pyridine rings is 1. The molecule has 1 atom stereocenters. The predicted molar refractivity (Wildman–Crippen MR) is 79.0 cm³/mol. The van der Waals surface area contributed by atoms with Crippen LogP contribution in [-0.4, -0.2) is 15.0 Å². The Labute approximate surface area is 117 Å². The van der Waals surface area contributed by atoms with Crippen LogP contribution in [0.3, 0.4) is 0 Å². The van der Waals surface area contributed by atoms with Crippen molar-refractivity contribution in [2.45, 2.75) is 19.5 Å². The summed E-state index contributed by atoms with van der Waals surface area (Å²) in [5, 5.41) is 3.44. The Balaban J connectivity index is 1.70. The molecule has 4 nitrogen and oxygen atoms in total. The largest absolute Gasteiger partial charge is 0.304 e. The van der Waals surface area contributed by atoms with Crippen molar-refractivity contribution in [3.63, 3.8) is 0 Å². The molecular formula is C16H16N4. The van der Waals surface area contributed by atoms with Crippen LogP contribution in [-0.2, 0) is 6.54 Å². The summed E-state index contributed by atoms with van der Waals surface area (Å²) >= 11 is 0. The highest BCUT2D eigenvalue weighted by Gasteiger charge is 2.05. The smallest absolute Gasteiger partial charge is 0.0890 e. The second-order valence-electron chi connectivity index (χ2n) is 4.74. The van der Waals surface area contributed by atoms with Crippen molar-refractivity contribution in [3.8, 4) is 0 Å². The van der Waals surface area contributed by atoms with E-state index in [0.717, 1.165) is 16.7 Å². The van der Waals surface area contributed by atoms with Gasteiger partial charge in [0.15, 0.2) is 0 Å². The van der Waals surface area contributed by atoms with Crippen LogP contribution in [0.4, 0.5) is 0 Å².